The van der Waals surface area contributed by atoms with Crippen molar-refractivity contribution in [3.05, 3.63) is 156 Å². The van der Waals surface area contributed by atoms with E-state index < -0.39 is 54.8 Å². The number of allylic oxidation sites excluding steroid dienone is 8. The number of nitro groups is 2. The second kappa shape index (κ2) is 19.5. The van der Waals surface area contributed by atoms with E-state index in [1.54, 1.807) is 18.2 Å². The van der Waals surface area contributed by atoms with Gasteiger partial charge in [0, 0.05) is 17.7 Å². The lowest BCUT2D eigenvalue weighted by molar-refractivity contribution is -0.386. The molecule has 0 saturated heterocycles. The number of nitro benzene ring substituents is 2. The highest BCUT2D eigenvalue weighted by Crippen LogP contribution is 2.66. The van der Waals surface area contributed by atoms with Crippen molar-refractivity contribution in [3.8, 4) is 11.5 Å². The van der Waals surface area contributed by atoms with Crippen LogP contribution in [0.2, 0.25) is 0 Å². The minimum atomic E-state index is -1.74. The first-order valence-electron chi connectivity index (χ1n) is 21.6. The van der Waals surface area contributed by atoms with Crippen molar-refractivity contribution in [1.29, 1.82) is 0 Å². The number of carbonyl (C=O) groups is 3. The van der Waals surface area contributed by atoms with Crippen LogP contribution in [0.1, 0.15) is 111 Å². The first-order valence-corrected chi connectivity index (χ1v) is 21.6. The van der Waals surface area contributed by atoms with E-state index in [1.807, 2.05) is 68.4 Å². The Morgan fingerprint density at radius 1 is 0.781 bits per heavy atom. The fraction of sp³-hybridized carbons (Fsp3) is 0.404. The molecule has 2 saturated carbocycles. The molecular weight excluding hydrogens is 813 g/mol. The number of ketones is 3. The Hall–Kier alpha value is -6.43. The molecule has 2 aliphatic rings. The third kappa shape index (κ3) is 9.56. The fourth-order valence-electron chi connectivity index (χ4n) is 9.23. The van der Waals surface area contributed by atoms with Crippen LogP contribution in [0.25, 0.3) is 5.76 Å². The Labute approximate surface area is 375 Å². The zero-order chi connectivity index (χ0) is 47.3. The van der Waals surface area contributed by atoms with Crippen LogP contribution in [-0.2, 0) is 27.6 Å². The van der Waals surface area contributed by atoms with Crippen LogP contribution in [0.15, 0.2) is 119 Å². The highest BCUT2D eigenvalue weighted by Gasteiger charge is 2.74. The molecule has 5 rings (SSSR count). The number of fused-ring (bicyclic) bond motifs is 2. The number of hydrogen-bond acceptors (Lipinski definition) is 10. The van der Waals surface area contributed by atoms with Crippen LogP contribution in [0, 0.1) is 48.3 Å². The third-order valence-corrected chi connectivity index (χ3v) is 13.1. The number of benzene rings is 3. The second-order valence-electron chi connectivity index (χ2n) is 18.6. The normalized spacial score (nSPS) is 21.3. The predicted molar refractivity (Wildman–Crippen MR) is 248 cm³/mol. The van der Waals surface area contributed by atoms with Crippen molar-refractivity contribution in [2.45, 2.75) is 108 Å². The molecule has 4 unspecified atom stereocenters. The van der Waals surface area contributed by atoms with Crippen LogP contribution >= 0.6 is 0 Å². The lowest BCUT2D eigenvalue weighted by atomic mass is 9.38. The summed E-state index contributed by atoms with van der Waals surface area (Å²) in [6.07, 6.45) is 7.34. The molecule has 0 amide bonds. The lowest BCUT2D eigenvalue weighted by Gasteiger charge is -2.60. The molecule has 64 heavy (non-hydrogen) atoms. The average Bonchev–Trinajstić information content (AvgIpc) is 3.23. The summed E-state index contributed by atoms with van der Waals surface area (Å²) in [5.74, 6) is -3.12. The van der Waals surface area contributed by atoms with Gasteiger partial charge < -0.3 is 14.6 Å². The zero-order valence-corrected chi connectivity index (χ0v) is 38.4. The third-order valence-electron chi connectivity index (χ3n) is 13.1. The number of nitrogens with zero attached hydrogens (tertiary/aromatic N) is 2. The van der Waals surface area contributed by atoms with Gasteiger partial charge in [0.2, 0.25) is 0 Å². The molecule has 0 aliphatic heterocycles. The van der Waals surface area contributed by atoms with Crippen LogP contribution < -0.4 is 9.47 Å². The monoisotopic (exact) mass is 872 g/mol. The summed E-state index contributed by atoms with van der Waals surface area (Å²) in [4.78, 5) is 69.5. The number of aliphatic hydroxyl groups excluding tert-OH is 1. The molecule has 4 atom stereocenters. The Balaban J connectivity index is 1.76. The van der Waals surface area contributed by atoms with Crippen LogP contribution in [0.5, 0.6) is 11.5 Å². The van der Waals surface area contributed by atoms with Gasteiger partial charge in [0.1, 0.15) is 30.0 Å². The average molecular weight is 873 g/mol. The summed E-state index contributed by atoms with van der Waals surface area (Å²) in [5, 5.41) is 36.2. The van der Waals surface area contributed by atoms with Gasteiger partial charge in [-0.15, -0.1) is 0 Å². The molecule has 0 spiro atoms. The number of hydrogen-bond donors (Lipinski definition) is 1. The number of para-hydroxylation sites is 2. The molecule has 2 fully saturated rings. The predicted octanol–water partition coefficient (Wildman–Crippen LogP) is 12.3. The Kier molecular flexibility index (Phi) is 14.8. The van der Waals surface area contributed by atoms with Gasteiger partial charge in [0.15, 0.2) is 28.8 Å². The van der Waals surface area contributed by atoms with Crippen molar-refractivity contribution < 1.29 is 38.8 Å². The molecular formula is C52H60N2O10. The van der Waals surface area contributed by atoms with E-state index in [2.05, 4.69) is 18.7 Å². The van der Waals surface area contributed by atoms with Gasteiger partial charge in [-0.3, -0.25) is 34.6 Å². The summed E-state index contributed by atoms with van der Waals surface area (Å²) in [7, 11) is 0. The standard InChI is InChI=1S/C52H60N2O10/c1-32(2)19-21-37(35(7)8)28-51-29-40(23-20-33(3)4)50(9,10)52(49(51)58,26-25-34(5)6)48(57)45(47(51)56)46(55)36-22-24-43(63-30-38-15-11-13-17-41(38)53(59)60)44(27-36)64-31-39-16-12-14-18-42(39)54(61)62/h11-20,22,24-25,27,37,40,55H,7,21,23,26,28-31H2,1-6,8-10H3. The van der Waals surface area contributed by atoms with E-state index in [9.17, 15) is 25.3 Å². The van der Waals surface area contributed by atoms with Crippen molar-refractivity contribution in [1.82, 2.24) is 0 Å². The van der Waals surface area contributed by atoms with Crippen molar-refractivity contribution in [2.24, 2.45) is 28.1 Å². The van der Waals surface area contributed by atoms with Gasteiger partial charge in [-0.25, -0.2) is 0 Å². The number of aliphatic hydroxyl groups is 1. The maximum atomic E-state index is 15.7. The zero-order valence-electron chi connectivity index (χ0n) is 38.4. The topological polar surface area (TPSA) is 176 Å². The van der Waals surface area contributed by atoms with E-state index in [0.29, 0.717) is 12.8 Å². The van der Waals surface area contributed by atoms with E-state index >= 15 is 14.4 Å². The molecule has 338 valence electrons. The second-order valence-corrected chi connectivity index (χ2v) is 18.6. The van der Waals surface area contributed by atoms with Gasteiger partial charge in [0.25, 0.3) is 11.4 Å². The maximum absolute atomic E-state index is 15.7. The van der Waals surface area contributed by atoms with Crippen LogP contribution in [0.4, 0.5) is 11.4 Å². The van der Waals surface area contributed by atoms with Crippen LogP contribution in [0.3, 0.4) is 0 Å². The largest absolute Gasteiger partial charge is 0.506 e. The highest BCUT2D eigenvalue weighted by molar-refractivity contribution is 6.41. The molecule has 2 aliphatic carbocycles. The van der Waals surface area contributed by atoms with Gasteiger partial charge in [-0.05, 0) is 128 Å². The molecule has 12 nitrogen and oxygen atoms in total. The van der Waals surface area contributed by atoms with E-state index in [4.69, 9.17) is 9.47 Å². The summed E-state index contributed by atoms with van der Waals surface area (Å²) >= 11 is 0. The summed E-state index contributed by atoms with van der Waals surface area (Å²) < 4.78 is 12.3. The molecule has 3 aromatic rings. The summed E-state index contributed by atoms with van der Waals surface area (Å²) in [6, 6.07) is 16.3. The van der Waals surface area contributed by atoms with Crippen LogP contribution in [-0.4, -0.2) is 32.3 Å². The van der Waals surface area contributed by atoms with Gasteiger partial charge in [-0.2, -0.15) is 0 Å². The number of carbonyl (C=O) groups excluding carboxylic acids is 3. The molecule has 3 aromatic carbocycles. The first-order chi connectivity index (χ1) is 30.1. The molecule has 2 bridgehead atoms. The minimum absolute atomic E-state index is 0.00729. The van der Waals surface area contributed by atoms with Gasteiger partial charge in [0.05, 0.1) is 26.4 Å². The first kappa shape index (κ1) is 48.6. The minimum Gasteiger partial charge on any atom is -0.506 e. The lowest BCUT2D eigenvalue weighted by Crippen LogP contribution is -2.69. The fourth-order valence-corrected chi connectivity index (χ4v) is 9.23. The van der Waals surface area contributed by atoms with Crippen molar-refractivity contribution in [2.75, 3.05) is 0 Å². The highest BCUT2D eigenvalue weighted by atomic mass is 16.6. The Bertz CT molecular complexity index is 2500. The Morgan fingerprint density at radius 2 is 1.31 bits per heavy atom. The summed E-state index contributed by atoms with van der Waals surface area (Å²) in [6.45, 7) is 21.1. The summed E-state index contributed by atoms with van der Waals surface area (Å²) in [5.41, 5.74) is -0.978. The molecule has 0 aromatic heterocycles. The number of Topliss-reactive ketones (excluding diaryl/α,β-unsaturated/α-hetero) is 3. The van der Waals surface area contributed by atoms with E-state index in [-0.39, 0.29) is 83.9 Å². The van der Waals surface area contributed by atoms with Gasteiger partial charge in [-0.1, -0.05) is 85.2 Å². The number of ether oxygens (including phenoxy) is 2. The smallest absolute Gasteiger partial charge is 0.276 e. The molecule has 12 heteroatoms. The Morgan fingerprint density at radius 3 is 1.83 bits per heavy atom. The van der Waals surface area contributed by atoms with Crippen molar-refractivity contribution >= 4 is 34.5 Å². The van der Waals surface area contributed by atoms with E-state index in [0.717, 1.165) is 22.3 Å². The SMILES string of the molecule is C=C(C)C(CC=C(C)C)CC12CC(CC=C(C)C)C(C)(C)C(CC=C(C)C)(C(=O)C(=C(O)c3ccc(OCc4ccccc4[N+](=O)[O-])c(OCc4ccccc4[N+](=O)[O-])c3)C1=O)C2=O. The van der Waals surface area contributed by atoms with Gasteiger partial charge >= 0.3 is 0 Å². The molecule has 0 heterocycles. The molecule has 1 N–H and O–H groups in total. The van der Waals surface area contributed by atoms with Crippen molar-refractivity contribution in [3.63, 3.8) is 0 Å². The molecule has 0 radical (unpaired) electrons. The quantitative estimate of drug-likeness (QED) is 0.0246. The maximum Gasteiger partial charge on any atom is 0.276 e. The number of rotatable bonds is 18. The van der Waals surface area contributed by atoms with E-state index in [1.165, 1.54) is 48.5 Å².